The average Bonchev–Trinajstić information content (AvgIpc) is 2.85. The zero-order valence-electron chi connectivity index (χ0n) is 9.65. The summed E-state index contributed by atoms with van der Waals surface area (Å²) in [5.74, 6) is 0.587. The molecule has 6 nitrogen and oxygen atoms in total. The van der Waals surface area contributed by atoms with Crippen molar-refractivity contribution in [3.8, 4) is 5.75 Å². The van der Waals surface area contributed by atoms with E-state index in [1.54, 1.807) is 11.1 Å². The van der Waals surface area contributed by atoms with Gasteiger partial charge in [0.15, 0.2) is 0 Å². The zero-order valence-corrected chi connectivity index (χ0v) is 9.65. The van der Waals surface area contributed by atoms with Crippen LogP contribution in [0.1, 0.15) is 16.2 Å². The fraction of sp³-hybridized carbons (Fsp3) is 0.250. The molecule has 18 heavy (non-hydrogen) atoms. The van der Waals surface area contributed by atoms with E-state index in [-0.39, 0.29) is 17.2 Å². The molecule has 1 aliphatic heterocycles. The first-order valence-electron chi connectivity index (χ1n) is 5.68. The van der Waals surface area contributed by atoms with Gasteiger partial charge in [-0.25, -0.2) is 4.98 Å². The first kappa shape index (κ1) is 10.8. The Morgan fingerprint density at radius 1 is 1.33 bits per heavy atom. The zero-order chi connectivity index (χ0) is 12.5. The normalized spacial score (nSPS) is 14.3. The second-order valence-electron chi connectivity index (χ2n) is 4.16. The van der Waals surface area contributed by atoms with Crippen LogP contribution in [-0.2, 0) is 13.1 Å². The monoisotopic (exact) mass is 244 g/mol. The van der Waals surface area contributed by atoms with E-state index in [0.29, 0.717) is 13.1 Å². The Hall–Kier alpha value is -2.37. The molecule has 2 aromatic heterocycles. The smallest absolute Gasteiger partial charge is 0.258 e. The minimum atomic E-state index is -0.191. The van der Waals surface area contributed by atoms with Gasteiger partial charge in [-0.15, -0.1) is 0 Å². The Bertz CT molecular complexity index is 593. The number of aromatic hydroxyl groups is 1. The number of carbonyl (C=O) groups is 1. The Labute approximate surface area is 104 Å². The van der Waals surface area contributed by atoms with Gasteiger partial charge in [-0.3, -0.25) is 9.78 Å². The molecule has 0 spiro atoms. The molecule has 6 heteroatoms. The molecule has 0 atom stereocenters. The number of amides is 1. The molecule has 92 valence electrons. The van der Waals surface area contributed by atoms with Crippen LogP contribution < -0.4 is 0 Å². The first-order valence-corrected chi connectivity index (χ1v) is 5.68. The number of hydrogen-bond donors (Lipinski definition) is 1. The molecule has 0 unspecified atom stereocenters. The number of nitrogens with zero attached hydrogens (tertiary/aromatic N) is 4. The predicted octanol–water partition coefficient (Wildman–Crippen LogP) is 0.640. The predicted molar refractivity (Wildman–Crippen MR) is 62.9 cm³/mol. The lowest BCUT2D eigenvalue weighted by molar-refractivity contribution is 0.0704. The van der Waals surface area contributed by atoms with Crippen LogP contribution in [0.15, 0.2) is 30.9 Å². The van der Waals surface area contributed by atoms with E-state index in [1.165, 1.54) is 18.5 Å². The minimum Gasteiger partial charge on any atom is -0.505 e. The maximum Gasteiger partial charge on any atom is 0.258 e. The number of pyridine rings is 1. The van der Waals surface area contributed by atoms with Crippen LogP contribution in [0.25, 0.3) is 0 Å². The summed E-state index contributed by atoms with van der Waals surface area (Å²) < 4.78 is 2.02. The summed E-state index contributed by atoms with van der Waals surface area (Å²) >= 11 is 0. The lowest BCUT2D eigenvalue weighted by Gasteiger charge is -2.27. The molecular formula is C12H12N4O2. The van der Waals surface area contributed by atoms with E-state index in [0.717, 1.165) is 12.4 Å². The van der Waals surface area contributed by atoms with Gasteiger partial charge in [0.1, 0.15) is 11.6 Å². The largest absolute Gasteiger partial charge is 0.505 e. The van der Waals surface area contributed by atoms with Gasteiger partial charge in [-0.1, -0.05) is 0 Å². The first-order chi connectivity index (χ1) is 8.75. The average molecular weight is 244 g/mol. The highest BCUT2D eigenvalue weighted by Crippen LogP contribution is 2.19. The summed E-state index contributed by atoms with van der Waals surface area (Å²) in [4.78, 5) is 21.9. The second kappa shape index (κ2) is 4.14. The topological polar surface area (TPSA) is 71.2 Å². The number of imidazole rings is 1. The molecule has 0 aromatic carbocycles. The maximum atomic E-state index is 12.3. The van der Waals surface area contributed by atoms with Crippen molar-refractivity contribution in [3.05, 3.63) is 42.2 Å². The van der Waals surface area contributed by atoms with Crippen molar-refractivity contribution in [1.29, 1.82) is 0 Å². The molecule has 1 N–H and O–H groups in total. The maximum absolute atomic E-state index is 12.3. The SMILES string of the molecule is O=C(c1ccncc1O)N1CCn2ccnc2C1. The van der Waals surface area contributed by atoms with Gasteiger partial charge in [0, 0.05) is 31.7 Å². The van der Waals surface area contributed by atoms with Crippen molar-refractivity contribution in [2.45, 2.75) is 13.1 Å². The highest BCUT2D eigenvalue weighted by atomic mass is 16.3. The van der Waals surface area contributed by atoms with Gasteiger partial charge in [-0.2, -0.15) is 0 Å². The summed E-state index contributed by atoms with van der Waals surface area (Å²) in [6, 6.07) is 1.53. The third-order valence-electron chi connectivity index (χ3n) is 3.06. The Balaban J connectivity index is 1.85. The molecule has 3 heterocycles. The van der Waals surface area contributed by atoms with Crippen LogP contribution in [-0.4, -0.2) is 37.0 Å². The molecule has 0 bridgehead atoms. The standard InChI is InChI=1S/C12H12N4O2/c17-10-7-13-2-1-9(10)12(18)16-6-5-15-4-3-14-11(15)8-16/h1-4,7,17H,5-6,8H2. The number of hydrogen-bond acceptors (Lipinski definition) is 4. The number of carbonyl (C=O) groups excluding carboxylic acids is 1. The van der Waals surface area contributed by atoms with Crippen molar-refractivity contribution >= 4 is 5.91 Å². The van der Waals surface area contributed by atoms with Gasteiger partial charge in [-0.05, 0) is 6.07 Å². The fourth-order valence-corrected chi connectivity index (χ4v) is 2.08. The van der Waals surface area contributed by atoms with Crippen molar-refractivity contribution in [2.75, 3.05) is 6.54 Å². The summed E-state index contributed by atoms with van der Waals surface area (Å²) in [6.45, 7) is 1.81. The molecule has 0 saturated heterocycles. The lowest BCUT2D eigenvalue weighted by Crippen LogP contribution is -2.38. The van der Waals surface area contributed by atoms with Gasteiger partial charge >= 0.3 is 0 Å². The van der Waals surface area contributed by atoms with E-state index < -0.39 is 0 Å². The van der Waals surface area contributed by atoms with E-state index in [9.17, 15) is 9.90 Å². The Morgan fingerprint density at radius 2 is 2.22 bits per heavy atom. The van der Waals surface area contributed by atoms with E-state index >= 15 is 0 Å². The molecule has 3 rings (SSSR count). The number of rotatable bonds is 1. The molecule has 0 radical (unpaired) electrons. The van der Waals surface area contributed by atoms with Crippen molar-refractivity contribution in [3.63, 3.8) is 0 Å². The quantitative estimate of drug-likeness (QED) is 0.799. The van der Waals surface area contributed by atoms with Gasteiger partial charge < -0.3 is 14.6 Å². The van der Waals surface area contributed by atoms with Crippen LogP contribution in [0, 0.1) is 0 Å². The number of fused-ring (bicyclic) bond motifs is 1. The summed E-state index contributed by atoms with van der Waals surface area (Å²) in [7, 11) is 0. The molecule has 0 saturated carbocycles. The summed E-state index contributed by atoms with van der Waals surface area (Å²) in [6.07, 6.45) is 6.41. The Kier molecular flexibility index (Phi) is 2.47. The van der Waals surface area contributed by atoms with Gasteiger partial charge in [0.05, 0.1) is 18.3 Å². The molecule has 1 aliphatic rings. The van der Waals surface area contributed by atoms with Crippen molar-refractivity contribution in [1.82, 2.24) is 19.4 Å². The van der Waals surface area contributed by atoms with Crippen molar-refractivity contribution < 1.29 is 9.90 Å². The lowest BCUT2D eigenvalue weighted by atomic mass is 10.2. The van der Waals surface area contributed by atoms with Gasteiger partial charge in [0.25, 0.3) is 5.91 Å². The minimum absolute atomic E-state index is 0.0867. The molecule has 0 aliphatic carbocycles. The van der Waals surface area contributed by atoms with Crippen molar-refractivity contribution in [2.24, 2.45) is 0 Å². The molecule has 1 amide bonds. The summed E-state index contributed by atoms with van der Waals surface area (Å²) in [5.41, 5.74) is 0.282. The summed E-state index contributed by atoms with van der Waals surface area (Å²) in [5, 5.41) is 9.64. The van der Waals surface area contributed by atoms with Crippen LogP contribution in [0.4, 0.5) is 0 Å². The van der Waals surface area contributed by atoms with Crippen LogP contribution in [0.5, 0.6) is 5.75 Å². The van der Waals surface area contributed by atoms with E-state index in [1.807, 2.05) is 10.8 Å². The molecule has 2 aromatic rings. The highest BCUT2D eigenvalue weighted by Gasteiger charge is 2.23. The second-order valence-corrected chi connectivity index (χ2v) is 4.16. The van der Waals surface area contributed by atoms with Crippen LogP contribution in [0.3, 0.4) is 0 Å². The molecular weight excluding hydrogens is 232 g/mol. The Morgan fingerprint density at radius 3 is 3.06 bits per heavy atom. The van der Waals surface area contributed by atoms with E-state index in [2.05, 4.69) is 9.97 Å². The fourth-order valence-electron chi connectivity index (χ4n) is 2.08. The third-order valence-corrected chi connectivity index (χ3v) is 3.06. The van der Waals surface area contributed by atoms with Gasteiger partial charge in [0.2, 0.25) is 0 Å². The number of aromatic nitrogens is 3. The molecule has 0 fully saturated rings. The van der Waals surface area contributed by atoms with E-state index in [4.69, 9.17) is 0 Å². The van der Waals surface area contributed by atoms with Crippen LogP contribution in [0.2, 0.25) is 0 Å². The third kappa shape index (κ3) is 1.71. The highest BCUT2D eigenvalue weighted by molar-refractivity contribution is 5.96. The van der Waals surface area contributed by atoms with Crippen LogP contribution >= 0.6 is 0 Å².